The molecule has 0 aliphatic heterocycles. The zero-order valence-corrected chi connectivity index (χ0v) is 10.8. The Hall–Kier alpha value is -1.84. The summed E-state index contributed by atoms with van der Waals surface area (Å²) >= 11 is 0. The molecule has 0 amide bonds. The predicted octanol–water partition coefficient (Wildman–Crippen LogP) is 3.65. The summed E-state index contributed by atoms with van der Waals surface area (Å²) in [7, 11) is 0. The molecule has 0 atom stereocenters. The van der Waals surface area contributed by atoms with E-state index in [1.54, 1.807) is 18.2 Å². The van der Waals surface area contributed by atoms with Crippen molar-refractivity contribution in [1.29, 1.82) is 0 Å². The lowest BCUT2D eigenvalue weighted by atomic mass is 9.88. The summed E-state index contributed by atoms with van der Waals surface area (Å²) < 4.78 is 19.1. The summed E-state index contributed by atoms with van der Waals surface area (Å²) in [6.07, 6.45) is 0.654. The number of anilines is 1. The maximum atomic E-state index is 13.8. The summed E-state index contributed by atoms with van der Waals surface area (Å²) in [6, 6.07) is 6.50. The van der Waals surface area contributed by atoms with Crippen molar-refractivity contribution >= 4 is 5.82 Å². The lowest BCUT2D eigenvalue weighted by Gasteiger charge is -2.16. The van der Waals surface area contributed by atoms with Gasteiger partial charge in [-0.25, -0.2) is 4.39 Å². The van der Waals surface area contributed by atoms with E-state index in [2.05, 4.69) is 25.9 Å². The maximum absolute atomic E-state index is 13.8. The third kappa shape index (κ3) is 2.53. The zero-order chi connectivity index (χ0) is 13.3. The molecule has 1 aromatic heterocycles. The van der Waals surface area contributed by atoms with Crippen LogP contribution in [0.3, 0.4) is 0 Å². The van der Waals surface area contributed by atoms with Gasteiger partial charge >= 0.3 is 0 Å². The first-order valence-corrected chi connectivity index (χ1v) is 5.87. The Morgan fingerprint density at radius 2 is 1.94 bits per heavy atom. The lowest BCUT2D eigenvalue weighted by Crippen LogP contribution is -2.09. The van der Waals surface area contributed by atoms with Crippen molar-refractivity contribution in [3.05, 3.63) is 35.8 Å². The van der Waals surface area contributed by atoms with Crippen molar-refractivity contribution in [1.82, 2.24) is 5.16 Å². The Kier molecular flexibility index (Phi) is 3.11. The molecule has 18 heavy (non-hydrogen) atoms. The van der Waals surface area contributed by atoms with Crippen LogP contribution in [0, 0.1) is 11.2 Å². The van der Waals surface area contributed by atoms with Gasteiger partial charge in [-0.1, -0.05) is 44.1 Å². The van der Waals surface area contributed by atoms with Crippen molar-refractivity contribution in [3.8, 4) is 11.1 Å². The molecule has 4 heteroatoms. The first-order chi connectivity index (χ1) is 8.38. The molecular weight excluding hydrogens is 231 g/mol. The number of hydrogen-bond donors (Lipinski definition) is 1. The average Bonchev–Trinajstić information content (AvgIpc) is 2.59. The van der Waals surface area contributed by atoms with Crippen LogP contribution in [-0.2, 0) is 6.42 Å². The van der Waals surface area contributed by atoms with Crippen LogP contribution < -0.4 is 5.73 Å². The highest BCUT2D eigenvalue weighted by molar-refractivity contribution is 5.75. The van der Waals surface area contributed by atoms with Gasteiger partial charge in [0, 0.05) is 12.0 Å². The van der Waals surface area contributed by atoms with Crippen LogP contribution in [-0.4, -0.2) is 5.16 Å². The van der Waals surface area contributed by atoms with Gasteiger partial charge in [0.2, 0.25) is 0 Å². The normalized spacial score (nSPS) is 11.8. The number of nitrogen functional groups attached to an aromatic ring is 1. The quantitative estimate of drug-likeness (QED) is 0.882. The van der Waals surface area contributed by atoms with Crippen LogP contribution in [0.1, 0.15) is 26.5 Å². The van der Waals surface area contributed by atoms with Crippen molar-refractivity contribution in [2.75, 3.05) is 5.73 Å². The number of nitrogens with zero attached hydrogens (tertiary/aromatic N) is 1. The summed E-state index contributed by atoms with van der Waals surface area (Å²) in [5, 5.41) is 3.75. The average molecular weight is 248 g/mol. The number of aromatic nitrogens is 1. The Labute approximate surface area is 106 Å². The molecule has 96 valence electrons. The number of nitrogens with two attached hydrogens (primary N) is 1. The predicted molar refractivity (Wildman–Crippen MR) is 69.5 cm³/mol. The van der Waals surface area contributed by atoms with E-state index in [1.165, 1.54) is 6.07 Å². The maximum Gasteiger partial charge on any atom is 0.175 e. The minimum absolute atomic E-state index is 0.0198. The van der Waals surface area contributed by atoms with Gasteiger partial charge in [0.05, 0.1) is 5.56 Å². The topological polar surface area (TPSA) is 52.0 Å². The van der Waals surface area contributed by atoms with Crippen molar-refractivity contribution in [3.63, 3.8) is 0 Å². The monoisotopic (exact) mass is 248 g/mol. The molecular formula is C14H17FN2O. The van der Waals surface area contributed by atoms with E-state index in [1.807, 2.05) is 0 Å². The largest absolute Gasteiger partial charge is 0.380 e. The fourth-order valence-corrected chi connectivity index (χ4v) is 1.89. The second-order valence-corrected chi connectivity index (χ2v) is 5.58. The molecule has 3 nitrogen and oxygen atoms in total. The van der Waals surface area contributed by atoms with Crippen molar-refractivity contribution < 1.29 is 8.91 Å². The molecule has 1 heterocycles. The van der Waals surface area contributed by atoms with Gasteiger partial charge < -0.3 is 10.3 Å². The Morgan fingerprint density at radius 3 is 2.56 bits per heavy atom. The van der Waals surface area contributed by atoms with Crippen molar-refractivity contribution in [2.45, 2.75) is 27.2 Å². The molecule has 0 saturated carbocycles. The van der Waals surface area contributed by atoms with Gasteiger partial charge in [-0.15, -0.1) is 0 Å². The minimum Gasteiger partial charge on any atom is -0.380 e. The first-order valence-electron chi connectivity index (χ1n) is 5.87. The molecule has 0 aliphatic rings. The van der Waals surface area contributed by atoms with Gasteiger partial charge in [-0.05, 0) is 11.5 Å². The van der Waals surface area contributed by atoms with Crippen LogP contribution in [0.15, 0.2) is 28.8 Å². The van der Waals surface area contributed by atoms with Gasteiger partial charge in [0.25, 0.3) is 0 Å². The van der Waals surface area contributed by atoms with E-state index in [4.69, 9.17) is 10.3 Å². The summed E-state index contributed by atoms with van der Waals surface area (Å²) in [4.78, 5) is 0. The highest BCUT2D eigenvalue weighted by atomic mass is 19.1. The molecule has 2 N–H and O–H groups in total. The molecule has 0 bridgehead atoms. The number of hydrogen-bond acceptors (Lipinski definition) is 3. The van der Waals surface area contributed by atoms with Crippen LogP contribution in [0.5, 0.6) is 0 Å². The van der Waals surface area contributed by atoms with E-state index >= 15 is 0 Å². The van der Waals surface area contributed by atoms with E-state index in [0.717, 1.165) is 0 Å². The first kappa shape index (κ1) is 12.6. The second kappa shape index (κ2) is 4.44. The Bertz CT molecular complexity index is 555. The molecule has 0 saturated heterocycles. The molecule has 2 rings (SSSR count). The smallest absolute Gasteiger partial charge is 0.175 e. The van der Waals surface area contributed by atoms with Gasteiger partial charge in [-0.2, -0.15) is 0 Å². The summed E-state index contributed by atoms with van der Waals surface area (Å²) in [5.41, 5.74) is 6.82. The standard InChI is InChI=1S/C14H17FN2O/c1-14(2,3)8-11-12(13(16)17-18-11)9-6-4-5-7-10(9)15/h4-7H,8H2,1-3H3,(H2,16,17). The van der Waals surface area contributed by atoms with Gasteiger partial charge in [0.1, 0.15) is 11.6 Å². The molecule has 2 aromatic rings. The molecule has 0 radical (unpaired) electrons. The molecule has 0 aliphatic carbocycles. The molecule has 1 aromatic carbocycles. The van der Waals surface area contributed by atoms with Crippen LogP contribution in [0.4, 0.5) is 10.2 Å². The van der Waals surface area contributed by atoms with Crippen LogP contribution in [0.25, 0.3) is 11.1 Å². The fourth-order valence-electron chi connectivity index (χ4n) is 1.89. The van der Waals surface area contributed by atoms with Crippen LogP contribution >= 0.6 is 0 Å². The van der Waals surface area contributed by atoms with Gasteiger partial charge in [-0.3, -0.25) is 0 Å². The van der Waals surface area contributed by atoms with E-state index in [0.29, 0.717) is 23.3 Å². The van der Waals surface area contributed by atoms with E-state index < -0.39 is 0 Å². The van der Waals surface area contributed by atoms with Crippen molar-refractivity contribution in [2.24, 2.45) is 5.41 Å². The van der Waals surface area contributed by atoms with E-state index in [9.17, 15) is 4.39 Å². The fraction of sp³-hybridized carbons (Fsp3) is 0.357. The third-order valence-corrected chi connectivity index (χ3v) is 2.62. The SMILES string of the molecule is CC(C)(C)Cc1onc(N)c1-c1ccccc1F. The highest BCUT2D eigenvalue weighted by Gasteiger charge is 2.23. The Morgan fingerprint density at radius 1 is 1.28 bits per heavy atom. The Balaban J connectivity index is 2.51. The molecule has 0 spiro atoms. The minimum atomic E-state index is -0.317. The summed E-state index contributed by atoms with van der Waals surface area (Å²) in [5.74, 6) is 0.548. The second-order valence-electron chi connectivity index (χ2n) is 5.58. The van der Waals surface area contributed by atoms with E-state index in [-0.39, 0.29) is 17.1 Å². The van der Waals surface area contributed by atoms with Gasteiger partial charge in [0.15, 0.2) is 5.82 Å². The summed E-state index contributed by atoms with van der Waals surface area (Å²) in [6.45, 7) is 6.24. The molecule has 0 fully saturated rings. The number of rotatable bonds is 2. The van der Waals surface area contributed by atoms with Crippen LogP contribution in [0.2, 0.25) is 0 Å². The zero-order valence-electron chi connectivity index (χ0n) is 10.8. The number of halogens is 1. The number of benzene rings is 1. The molecule has 0 unspecified atom stereocenters. The highest BCUT2D eigenvalue weighted by Crippen LogP contribution is 2.34. The lowest BCUT2D eigenvalue weighted by molar-refractivity contribution is 0.322. The third-order valence-electron chi connectivity index (χ3n) is 2.62.